The second-order valence-electron chi connectivity index (χ2n) is 4.87. The minimum Gasteiger partial charge on any atom is -0.360 e. The Balaban J connectivity index is 2.83. The van der Waals surface area contributed by atoms with Crippen LogP contribution in [0.4, 0.5) is 13.2 Å². The van der Waals surface area contributed by atoms with Gasteiger partial charge in [-0.25, -0.2) is 0 Å². The molecule has 0 heterocycles. The molecule has 1 N–H and O–H groups in total. The van der Waals surface area contributed by atoms with Gasteiger partial charge in [0.25, 0.3) is 0 Å². The molecule has 1 aromatic carbocycles. The summed E-state index contributed by atoms with van der Waals surface area (Å²) in [6.45, 7) is 6.06. The van der Waals surface area contributed by atoms with Gasteiger partial charge >= 0.3 is 6.18 Å². The first kappa shape index (κ1) is 17.0. The predicted octanol–water partition coefficient (Wildman–Crippen LogP) is 4.00. The van der Waals surface area contributed by atoms with E-state index in [2.05, 4.69) is 5.32 Å². The van der Waals surface area contributed by atoms with Crippen LogP contribution in [0.1, 0.15) is 37.5 Å². The molecular formula is C15H22F3NO. The second-order valence-corrected chi connectivity index (χ2v) is 4.87. The molecule has 0 aliphatic rings. The lowest BCUT2D eigenvalue weighted by atomic mass is 10.0. The van der Waals surface area contributed by atoms with E-state index < -0.39 is 18.4 Å². The highest BCUT2D eigenvalue weighted by atomic mass is 19.4. The van der Waals surface area contributed by atoms with Gasteiger partial charge in [0.1, 0.15) is 0 Å². The molecule has 0 spiro atoms. The van der Waals surface area contributed by atoms with Gasteiger partial charge < -0.3 is 10.1 Å². The van der Waals surface area contributed by atoms with Crippen LogP contribution in [0.3, 0.4) is 0 Å². The Labute approximate surface area is 118 Å². The number of nitrogens with one attached hydrogen (secondary N) is 1. The van der Waals surface area contributed by atoms with Crippen LogP contribution in [0.25, 0.3) is 0 Å². The van der Waals surface area contributed by atoms with Crippen molar-refractivity contribution in [2.45, 2.75) is 45.6 Å². The predicted molar refractivity (Wildman–Crippen MR) is 73.7 cm³/mol. The monoisotopic (exact) mass is 289 g/mol. The molecule has 0 saturated heterocycles. The first-order valence-electron chi connectivity index (χ1n) is 6.84. The summed E-state index contributed by atoms with van der Waals surface area (Å²) in [5, 5.41) is 3.13. The van der Waals surface area contributed by atoms with Crippen molar-refractivity contribution >= 4 is 0 Å². The number of hydrogen-bond acceptors (Lipinski definition) is 2. The molecule has 0 radical (unpaired) electrons. The van der Waals surface area contributed by atoms with E-state index in [0.29, 0.717) is 6.54 Å². The highest BCUT2D eigenvalue weighted by Crippen LogP contribution is 2.29. The third kappa shape index (κ3) is 5.13. The SMILES string of the molecule is CCCNCC(OC(C)C(F)(F)F)c1ccccc1C. The fourth-order valence-corrected chi connectivity index (χ4v) is 1.91. The maximum Gasteiger partial charge on any atom is 0.414 e. The molecule has 20 heavy (non-hydrogen) atoms. The number of rotatable bonds is 7. The van der Waals surface area contributed by atoms with Crippen LogP contribution < -0.4 is 5.32 Å². The summed E-state index contributed by atoms with van der Waals surface area (Å²) in [6, 6.07) is 7.37. The number of benzene rings is 1. The maximum absolute atomic E-state index is 12.7. The van der Waals surface area contributed by atoms with Crippen LogP contribution in [-0.4, -0.2) is 25.4 Å². The zero-order chi connectivity index (χ0) is 15.2. The van der Waals surface area contributed by atoms with Crippen LogP contribution in [0.2, 0.25) is 0 Å². The Hall–Kier alpha value is -1.07. The standard InChI is InChI=1S/C15H22F3NO/c1-4-9-19-10-14(20-12(3)15(16,17)18)13-8-6-5-7-11(13)2/h5-8,12,14,19H,4,9-10H2,1-3H3. The molecule has 1 rings (SSSR count). The van der Waals surface area contributed by atoms with Crippen molar-refractivity contribution < 1.29 is 17.9 Å². The smallest absolute Gasteiger partial charge is 0.360 e. The van der Waals surface area contributed by atoms with E-state index in [1.54, 1.807) is 0 Å². The van der Waals surface area contributed by atoms with E-state index in [-0.39, 0.29) is 0 Å². The maximum atomic E-state index is 12.7. The van der Waals surface area contributed by atoms with Gasteiger partial charge in [0, 0.05) is 6.54 Å². The van der Waals surface area contributed by atoms with Crippen LogP contribution in [0, 0.1) is 6.92 Å². The Morgan fingerprint density at radius 2 is 1.90 bits per heavy atom. The number of ether oxygens (including phenoxy) is 1. The molecule has 0 aliphatic carbocycles. The molecule has 0 aliphatic heterocycles. The van der Waals surface area contributed by atoms with E-state index in [1.807, 2.05) is 38.1 Å². The first-order chi connectivity index (χ1) is 9.36. The summed E-state index contributed by atoms with van der Waals surface area (Å²) in [4.78, 5) is 0. The van der Waals surface area contributed by atoms with E-state index >= 15 is 0 Å². The van der Waals surface area contributed by atoms with Crippen molar-refractivity contribution in [1.82, 2.24) is 5.32 Å². The fourth-order valence-electron chi connectivity index (χ4n) is 1.91. The second kappa shape index (κ2) is 7.64. The Bertz CT molecular complexity index is 406. The minimum absolute atomic E-state index is 0.374. The molecule has 5 heteroatoms. The lowest BCUT2D eigenvalue weighted by Gasteiger charge is -2.26. The van der Waals surface area contributed by atoms with Gasteiger partial charge in [-0.05, 0) is 37.9 Å². The summed E-state index contributed by atoms with van der Waals surface area (Å²) in [5.74, 6) is 0. The number of halogens is 3. The molecular weight excluding hydrogens is 267 g/mol. The van der Waals surface area contributed by atoms with Gasteiger partial charge in [-0.3, -0.25) is 0 Å². The van der Waals surface area contributed by atoms with Crippen molar-refractivity contribution in [1.29, 1.82) is 0 Å². The molecule has 0 bridgehead atoms. The van der Waals surface area contributed by atoms with Gasteiger partial charge in [-0.15, -0.1) is 0 Å². The Morgan fingerprint density at radius 3 is 2.45 bits per heavy atom. The van der Waals surface area contributed by atoms with E-state index in [9.17, 15) is 13.2 Å². The number of aryl methyl sites for hydroxylation is 1. The van der Waals surface area contributed by atoms with Gasteiger partial charge in [0.05, 0.1) is 6.10 Å². The summed E-state index contributed by atoms with van der Waals surface area (Å²) in [6.07, 6.45) is -5.80. The molecule has 114 valence electrons. The fraction of sp³-hybridized carbons (Fsp3) is 0.600. The van der Waals surface area contributed by atoms with Crippen LogP contribution >= 0.6 is 0 Å². The number of alkyl halides is 3. The van der Waals surface area contributed by atoms with Crippen molar-refractivity contribution in [3.8, 4) is 0 Å². The average molecular weight is 289 g/mol. The average Bonchev–Trinajstić information content (AvgIpc) is 2.37. The van der Waals surface area contributed by atoms with Gasteiger partial charge in [0.2, 0.25) is 0 Å². The van der Waals surface area contributed by atoms with Crippen molar-refractivity contribution in [3.63, 3.8) is 0 Å². The molecule has 0 saturated carbocycles. The van der Waals surface area contributed by atoms with Crippen LogP contribution in [0.15, 0.2) is 24.3 Å². The third-order valence-corrected chi connectivity index (χ3v) is 3.12. The van der Waals surface area contributed by atoms with Crippen LogP contribution in [-0.2, 0) is 4.74 Å². The molecule has 0 amide bonds. The number of hydrogen-bond donors (Lipinski definition) is 1. The van der Waals surface area contributed by atoms with Gasteiger partial charge in [-0.1, -0.05) is 31.2 Å². The van der Waals surface area contributed by atoms with E-state index in [4.69, 9.17) is 4.74 Å². The highest BCUT2D eigenvalue weighted by molar-refractivity contribution is 5.28. The van der Waals surface area contributed by atoms with E-state index in [0.717, 1.165) is 31.0 Å². The third-order valence-electron chi connectivity index (χ3n) is 3.12. The van der Waals surface area contributed by atoms with Crippen molar-refractivity contribution in [2.24, 2.45) is 0 Å². The quantitative estimate of drug-likeness (QED) is 0.766. The zero-order valence-corrected chi connectivity index (χ0v) is 12.1. The molecule has 1 aromatic rings. The van der Waals surface area contributed by atoms with Gasteiger partial charge in [0.15, 0.2) is 6.10 Å². The Kier molecular flexibility index (Phi) is 6.49. The Morgan fingerprint density at radius 1 is 1.25 bits per heavy atom. The largest absolute Gasteiger partial charge is 0.414 e. The molecule has 2 unspecified atom stereocenters. The van der Waals surface area contributed by atoms with Gasteiger partial charge in [-0.2, -0.15) is 13.2 Å². The van der Waals surface area contributed by atoms with E-state index in [1.165, 1.54) is 0 Å². The lowest BCUT2D eigenvalue weighted by Crippen LogP contribution is -2.34. The molecule has 0 fully saturated rings. The first-order valence-corrected chi connectivity index (χ1v) is 6.84. The summed E-state index contributed by atoms with van der Waals surface area (Å²) in [5.41, 5.74) is 1.73. The normalized spacial score (nSPS) is 15.1. The minimum atomic E-state index is -4.34. The summed E-state index contributed by atoms with van der Waals surface area (Å²) >= 11 is 0. The molecule has 0 aromatic heterocycles. The summed E-state index contributed by atoms with van der Waals surface area (Å²) < 4.78 is 43.2. The zero-order valence-electron chi connectivity index (χ0n) is 12.1. The molecule has 2 nitrogen and oxygen atoms in total. The lowest BCUT2D eigenvalue weighted by molar-refractivity contribution is -0.227. The topological polar surface area (TPSA) is 21.3 Å². The molecule has 2 atom stereocenters. The van der Waals surface area contributed by atoms with Crippen molar-refractivity contribution in [3.05, 3.63) is 35.4 Å². The summed E-state index contributed by atoms with van der Waals surface area (Å²) in [7, 11) is 0. The van der Waals surface area contributed by atoms with Crippen molar-refractivity contribution in [2.75, 3.05) is 13.1 Å². The van der Waals surface area contributed by atoms with Crippen LogP contribution in [0.5, 0.6) is 0 Å². The highest BCUT2D eigenvalue weighted by Gasteiger charge is 2.38.